The number of nitrogens with one attached hydrogen (secondary N) is 1. The van der Waals surface area contributed by atoms with Gasteiger partial charge < -0.3 is 20.5 Å². The molecule has 1 atom stereocenters. The van der Waals surface area contributed by atoms with Crippen LogP contribution in [0.5, 0.6) is 5.75 Å². The number of carbonyl (C=O) groups is 1. The monoisotopic (exact) mass is 306 g/mol. The fourth-order valence-electron chi connectivity index (χ4n) is 1.58. The molecule has 0 aliphatic rings. The lowest BCUT2D eigenvalue weighted by molar-refractivity contribution is -0.123. The molecule has 0 bridgehead atoms. The minimum atomic E-state index is -0.683. The van der Waals surface area contributed by atoms with E-state index in [-0.39, 0.29) is 30.7 Å². The minimum absolute atomic E-state index is 0. The number of rotatable bonds is 7. The first kappa shape index (κ1) is 18.6. The van der Waals surface area contributed by atoms with Crippen molar-refractivity contribution in [2.75, 3.05) is 27.4 Å². The molecular formula is C13H20ClFN2O3. The van der Waals surface area contributed by atoms with Crippen LogP contribution < -0.4 is 15.8 Å². The molecule has 0 saturated heterocycles. The van der Waals surface area contributed by atoms with Gasteiger partial charge in [0.2, 0.25) is 5.91 Å². The molecule has 0 spiro atoms. The lowest BCUT2D eigenvalue weighted by Gasteiger charge is -2.11. The first-order valence-corrected chi connectivity index (χ1v) is 5.93. The molecule has 1 amide bonds. The molecule has 0 aliphatic carbocycles. The van der Waals surface area contributed by atoms with Crippen molar-refractivity contribution in [3.63, 3.8) is 0 Å². The molecule has 0 aromatic heterocycles. The van der Waals surface area contributed by atoms with Crippen LogP contribution in [0.4, 0.5) is 4.39 Å². The van der Waals surface area contributed by atoms with E-state index >= 15 is 0 Å². The predicted molar refractivity (Wildman–Crippen MR) is 76.8 cm³/mol. The summed E-state index contributed by atoms with van der Waals surface area (Å²) in [6.07, 6.45) is 0.520. The average Bonchev–Trinajstić information content (AvgIpc) is 2.39. The molecule has 1 aromatic carbocycles. The predicted octanol–water partition coefficient (Wildman–Crippen LogP) is 0.888. The van der Waals surface area contributed by atoms with E-state index in [0.29, 0.717) is 13.0 Å². The Morgan fingerprint density at radius 2 is 2.15 bits per heavy atom. The molecule has 0 radical (unpaired) electrons. The molecule has 0 aliphatic heterocycles. The van der Waals surface area contributed by atoms with Gasteiger partial charge in [0.05, 0.1) is 13.7 Å². The third-order valence-electron chi connectivity index (χ3n) is 2.61. The van der Waals surface area contributed by atoms with Crippen LogP contribution in [0.15, 0.2) is 18.2 Å². The van der Waals surface area contributed by atoms with Crippen molar-refractivity contribution in [2.24, 2.45) is 5.73 Å². The Morgan fingerprint density at radius 3 is 2.70 bits per heavy atom. The van der Waals surface area contributed by atoms with E-state index in [0.717, 1.165) is 5.56 Å². The zero-order valence-corrected chi connectivity index (χ0v) is 12.3. The second-order valence-electron chi connectivity index (χ2n) is 4.07. The van der Waals surface area contributed by atoms with Crippen LogP contribution in [-0.2, 0) is 16.0 Å². The van der Waals surface area contributed by atoms with Gasteiger partial charge in [0.15, 0.2) is 11.6 Å². The topological polar surface area (TPSA) is 73.6 Å². The molecule has 0 saturated carbocycles. The van der Waals surface area contributed by atoms with Crippen molar-refractivity contribution in [3.8, 4) is 5.75 Å². The number of hydrogen-bond acceptors (Lipinski definition) is 4. The minimum Gasteiger partial charge on any atom is -0.494 e. The number of nitrogens with two attached hydrogens (primary N) is 1. The summed E-state index contributed by atoms with van der Waals surface area (Å²) in [6, 6.07) is 4.02. The van der Waals surface area contributed by atoms with Gasteiger partial charge in [-0.05, 0) is 24.1 Å². The maximum atomic E-state index is 13.4. The van der Waals surface area contributed by atoms with Gasteiger partial charge in [-0.25, -0.2) is 4.39 Å². The summed E-state index contributed by atoms with van der Waals surface area (Å²) >= 11 is 0. The summed E-state index contributed by atoms with van der Waals surface area (Å²) in [5, 5.41) is 2.67. The van der Waals surface area contributed by atoms with Crippen LogP contribution in [0.25, 0.3) is 0 Å². The largest absolute Gasteiger partial charge is 0.494 e. The SMILES string of the molecule is COCC(N)C(=O)NCCc1ccc(OC)c(F)c1.Cl. The van der Waals surface area contributed by atoms with Crippen LogP contribution in [-0.4, -0.2) is 39.3 Å². The lowest BCUT2D eigenvalue weighted by Crippen LogP contribution is -2.44. The number of hydrogen-bond donors (Lipinski definition) is 2. The van der Waals surface area contributed by atoms with E-state index in [1.165, 1.54) is 20.3 Å². The van der Waals surface area contributed by atoms with Crippen molar-refractivity contribution in [3.05, 3.63) is 29.6 Å². The highest BCUT2D eigenvalue weighted by Gasteiger charge is 2.12. The number of amides is 1. The van der Waals surface area contributed by atoms with Crippen LogP contribution >= 0.6 is 12.4 Å². The molecule has 0 heterocycles. The third kappa shape index (κ3) is 5.73. The number of benzene rings is 1. The molecule has 3 N–H and O–H groups in total. The van der Waals surface area contributed by atoms with Crippen LogP contribution in [0.3, 0.4) is 0 Å². The van der Waals surface area contributed by atoms with E-state index in [1.54, 1.807) is 12.1 Å². The number of carbonyl (C=O) groups excluding carboxylic acids is 1. The Hall–Kier alpha value is -1.37. The number of halogens is 2. The summed E-state index contributed by atoms with van der Waals surface area (Å²) < 4.78 is 23.0. The van der Waals surface area contributed by atoms with E-state index in [1.807, 2.05) is 0 Å². The fourth-order valence-corrected chi connectivity index (χ4v) is 1.58. The van der Waals surface area contributed by atoms with Crippen LogP contribution in [0.1, 0.15) is 5.56 Å². The Bertz CT molecular complexity index is 432. The van der Waals surface area contributed by atoms with Gasteiger partial charge in [0, 0.05) is 13.7 Å². The molecule has 1 rings (SSSR count). The Morgan fingerprint density at radius 1 is 1.45 bits per heavy atom. The zero-order chi connectivity index (χ0) is 14.3. The van der Waals surface area contributed by atoms with Crippen molar-refractivity contribution >= 4 is 18.3 Å². The Labute approximate surface area is 124 Å². The molecule has 5 nitrogen and oxygen atoms in total. The van der Waals surface area contributed by atoms with Crippen molar-refractivity contribution in [2.45, 2.75) is 12.5 Å². The van der Waals surface area contributed by atoms with Gasteiger partial charge in [-0.3, -0.25) is 4.79 Å². The quantitative estimate of drug-likeness (QED) is 0.784. The maximum absolute atomic E-state index is 13.4. The van der Waals surface area contributed by atoms with Crippen molar-refractivity contribution in [1.29, 1.82) is 0 Å². The molecule has 0 fully saturated rings. The second-order valence-corrected chi connectivity index (χ2v) is 4.07. The summed E-state index contributed by atoms with van der Waals surface area (Å²) in [5.74, 6) is -0.492. The Balaban J connectivity index is 0.00000361. The summed E-state index contributed by atoms with van der Waals surface area (Å²) in [7, 11) is 2.89. The first-order valence-electron chi connectivity index (χ1n) is 5.93. The average molecular weight is 307 g/mol. The summed E-state index contributed by atoms with van der Waals surface area (Å²) in [6.45, 7) is 0.561. The van der Waals surface area contributed by atoms with Gasteiger partial charge in [0.25, 0.3) is 0 Å². The fraction of sp³-hybridized carbons (Fsp3) is 0.462. The molecule has 1 unspecified atom stereocenters. The van der Waals surface area contributed by atoms with E-state index in [9.17, 15) is 9.18 Å². The van der Waals surface area contributed by atoms with Gasteiger partial charge >= 0.3 is 0 Å². The highest BCUT2D eigenvalue weighted by atomic mass is 35.5. The van der Waals surface area contributed by atoms with E-state index < -0.39 is 11.9 Å². The smallest absolute Gasteiger partial charge is 0.239 e. The van der Waals surface area contributed by atoms with Crippen molar-refractivity contribution < 1.29 is 18.7 Å². The van der Waals surface area contributed by atoms with Gasteiger partial charge in [0.1, 0.15) is 6.04 Å². The number of ether oxygens (including phenoxy) is 2. The first-order chi connectivity index (χ1) is 9.08. The van der Waals surface area contributed by atoms with Crippen molar-refractivity contribution in [1.82, 2.24) is 5.32 Å². The van der Waals surface area contributed by atoms with Gasteiger partial charge in [-0.15, -0.1) is 12.4 Å². The molecule has 20 heavy (non-hydrogen) atoms. The molecule has 1 aromatic rings. The second kappa shape index (κ2) is 9.52. The normalized spacial score (nSPS) is 11.4. The molecule has 114 valence electrons. The van der Waals surface area contributed by atoms with Crippen LogP contribution in [0.2, 0.25) is 0 Å². The third-order valence-corrected chi connectivity index (χ3v) is 2.61. The lowest BCUT2D eigenvalue weighted by atomic mass is 10.1. The maximum Gasteiger partial charge on any atom is 0.239 e. The highest BCUT2D eigenvalue weighted by Crippen LogP contribution is 2.17. The standard InChI is InChI=1S/C13H19FN2O3.ClH/c1-18-8-11(15)13(17)16-6-5-9-3-4-12(19-2)10(14)7-9;/h3-4,7,11H,5-6,8,15H2,1-2H3,(H,16,17);1H. The van der Waals surface area contributed by atoms with Crippen LogP contribution in [0, 0.1) is 5.82 Å². The molecule has 7 heteroatoms. The van der Waals surface area contributed by atoms with Gasteiger partial charge in [-0.1, -0.05) is 6.07 Å². The molecular weight excluding hydrogens is 287 g/mol. The summed E-state index contributed by atoms with van der Waals surface area (Å²) in [4.78, 5) is 11.5. The Kier molecular flexibility index (Phi) is 8.87. The zero-order valence-electron chi connectivity index (χ0n) is 11.5. The summed E-state index contributed by atoms with van der Waals surface area (Å²) in [5.41, 5.74) is 6.33. The van der Waals surface area contributed by atoms with E-state index in [2.05, 4.69) is 5.32 Å². The van der Waals surface area contributed by atoms with E-state index in [4.69, 9.17) is 15.2 Å². The number of methoxy groups -OCH3 is 2. The highest BCUT2D eigenvalue weighted by molar-refractivity contribution is 5.85. The van der Waals surface area contributed by atoms with Gasteiger partial charge in [-0.2, -0.15) is 0 Å².